The molecule has 0 aromatic heterocycles. The molecule has 2 rings (SSSR count). The number of anilines is 2. The molecule has 19 heavy (non-hydrogen) atoms. The Morgan fingerprint density at radius 3 is 2.47 bits per heavy atom. The number of hydrogen-bond acceptors (Lipinski definition) is 3. The number of nitrogens with one attached hydrogen (secondary N) is 1. The van der Waals surface area contributed by atoms with E-state index in [0.29, 0.717) is 21.2 Å². The van der Waals surface area contributed by atoms with Gasteiger partial charge in [-0.3, -0.25) is 4.79 Å². The maximum Gasteiger partial charge on any atom is 0.221 e. The lowest BCUT2D eigenvalue weighted by atomic mass is 10.2. The third kappa shape index (κ3) is 3.27. The highest BCUT2D eigenvalue weighted by atomic mass is 32.2. The maximum atomic E-state index is 12.4. The molecule has 0 aliphatic carbocycles. The Morgan fingerprint density at radius 2 is 1.84 bits per heavy atom. The summed E-state index contributed by atoms with van der Waals surface area (Å²) in [5.74, 6) is -0.214. The van der Waals surface area contributed by atoms with Crippen LogP contribution in [-0.4, -0.2) is 10.5 Å². The van der Waals surface area contributed by atoms with Gasteiger partial charge in [0.15, 0.2) is 9.79 Å². The number of carbonyl (C=O) groups is 1. The summed E-state index contributed by atoms with van der Waals surface area (Å²) in [6.45, 7) is 1.40. The molecule has 0 heterocycles. The Labute approximate surface area is 114 Å². The van der Waals surface area contributed by atoms with Crippen molar-refractivity contribution in [2.24, 2.45) is 0 Å². The van der Waals surface area contributed by atoms with Crippen LogP contribution in [0.3, 0.4) is 0 Å². The molecular weight excluding hydrogens is 260 g/mol. The van der Waals surface area contributed by atoms with Crippen LogP contribution in [0.2, 0.25) is 0 Å². The van der Waals surface area contributed by atoms with Crippen LogP contribution < -0.4 is 11.1 Å². The molecule has 1 amide bonds. The average molecular weight is 274 g/mol. The summed E-state index contributed by atoms with van der Waals surface area (Å²) < 4.78 is 12.4. The minimum Gasteiger partial charge on any atom is -0.606 e. The monoisotopic (exact) mass is 274 g/mol. The number of carbonyl (C=O) groups excluding carboxylic acids is 1. The molecule has 98 valence electrons. The Kier molecular flexibility index (Phi) is 4.09. The van der Waals surface area contributed by atoms with Gasteiger partial charge in [-0.1, -0.05) is 18.2 Å². The molecule has 0 fully saturated rings. The minimum atomic E-state index is -1.29. The van der Waals surface area contributed by atoms with Gasteiger partial charge in [0.05, 0.1) is 11.4 Å². The second-order valence-corrected chi connectivity index (χ2v) is 5.49. The predicted octanol–water partition coefficient (Wildman–Crippen LogP) is 2.39. The van der Waals surface area contributed by atoms with Crippen molar-refractivity contribution in [3.05, 3.63) is 48.5 Å². The average Bonchev–Trinajstić information content (AvgIpc) is 2.41. The van der Waals surface area contributed by atoms with Gasteiger partial charge in [-0.15, -0.1) is 0 Å². The highest BCUT2D eigenvalue weighted by Crippen LogP contribution is 2.27. The quantitative estimate of drug-likeness (QED) is 0.666. The first-order valence-electron chi connectivity index (χ1n) is 5.72. The molecular formula is C14H14N2O2S. The Hall–Kier alpha value is -1.98. The van der Waals surface area contributed by atoms with Gasteiger partial charge in [0.2, 0.25) is 5.91 Å². The fourth-order valence-electron chi connectivity index (χ4n) is 1.63. The van der Waals surface area contributed by atoms with Gasteiger partial charge < -0.3 is 15.6 Å². The molecule has 1 unspecified atom stereocenters. The van der Waals surface area contributed by atoms with Crippen molar-refractivity contribution < 1.29 is 9.35 Å². The van der Waals surface area contributed by atoms with Crippen LogP contribution in [0.5, 0.6) is 0 Å². The summed E-state index contributed by atoms with van der Waals surface area (Å²) in [6.07, 6.45) is 0. The lowest BCUT2D eigenvalue weighted by Gasteiger charge is -2.12. The Morgan fingerprint density at radius 1 is 1.16 bits per heavy atom. The zero-order chi connectivity index (χ0) is 13.8. The summed E-state index contributed by atoms with van der Waals surface area (Å²) in [6, 6.07) is 14.1. The van der Waals surface area contributed by atoms with Crippen LogP contribution in [0.4, 0.5) is 11.4 Å². The van der Waals surface area contributed by atoms with E-state index in [1.807, 2.05) is 18.2 Å². The van der Waals surface area contributed by atoms with Gasteiger partial charge >= 0.3 is 0 Å². The van der Waals surface area contributed by atoms with E-state index >= 15 is 0 Å². The van der Waals surface area contributed by atoms with Crippen molar-refractivity contribution >= 4 is 28.5 Å². The Balaban J connectivity index is 2.33. The van der Waals surface area contributed by atoms with Crippen molar-refractivity contribution in [2.75, 3.05) is 11.1 Å². The fraction of sp³-hybridized carbons (Fsp3) is 0.0714. The molecule has 0 saturated heterocycles. The highest BCUT2D eigenvalue weighted by Gasteiger charge is 2.16. The second-order valence-electron chi connectivity index (χ2n) is 4.01. The molecule has 4 nitrogen and oxygen atoms in total. The van der Waals surface area contributed by atoms with E-state index in [4.69, 9.17) is 5.73 Å². The van der Waals surface area contributed by atoms with Gasteiger partial charge in [-0.05, 0) is 24.3 Å². The SMILES string of the molecule is CC(=O)Nc1cc([S+]([O-])c2ccccc2)ccc1N. The standard InChI is InChI=1S/C14H14N2O2S/c1-10(17)16-14-9-12(7-8-13(14)15)19(18)11-5-3-2-4-6-11/h2-9H,15H2,1H3,(H,16,17). The zero-order valence-electron chi connectivity index (χ0n) is 10.4. The summed E-state index contributed by atoms with van der Waals surface area (Å²) in [5, 5.41) is 2.62. The van der Waals surface area contributed by atoms with Gasteiger partial charge in [0.25, 0.3) is 0 Å². The number of nitrogen functional groups attached to an aromatic ring is 1. The number of amides is 1. The van der Waals surface area contributed by atoms with Gasteiger partial charge in [-0.2, -0.15) is 0 Å². The minimum absolute atomic E-state index is 0.214. The van der Waals surface area contributed by atoms with Crippen molar-refractivity contribution in [2.45, 2.75) is 16.7 Å². The molecule has 3 N–H and O–H groups in total. The number of nitrogens with two attached hydrogens (primary N) is 1. The number of hydrogen-bond donors (Lipinski definition) is 2. The van der Waals surface area contributed by atoms with Crippen molar-refractivity contribution in [1.29, 1.82) is 0 Å². The largest absolute Gasteiger partial charge is 0.606 e. The number of benzene rings is 2. The lowest BCUT2D eigenvalue weighted by molar-refractivity contribution is -0.114. The Bertz CT molecular complexity index is 587. The predicted molar refractivity (Wildman–Crippen MR) is 76.3 cm³/mol. The van der Waals surface area contributed by atoms with Gasteiger partial charge in [-0.25, -0.2) is 0 Å². The molecule has 0 aliphatic heterocycles. The first kappa shape index (κ1) is 13.5. The topological polar surface area (TPSA) is 78.2 Å². The van der Waals surface area contributed by atoms with Crippen LogP contribution in [0, 0.1) is 0 Å². The zero-order valence-corrected chi connectivity index (χ0v) is 11.2. The van der Waals surface area contributed by atoms with Crippen LogP contribution >= 0.6 is 0 Å². The third-order valence-electron chi connectivity index (χ3n) is 2.51. The smallest absolute Gasteiger partial charge is 0.221 e. The van der Waals surface area contributed by atoms with E-state index < -0.39 is 11.2 Å². The lowest BCUT2D eigenvalue weighted by Crippen LogP contribution is -2.10. The van der Waals surface area contributed by atoms with E-state index in [9.17, 15) is 9.35 Å². The van der Waals surface area contributed by atoms with E-state index in [1.165, 1.54) is 6.92 Å². The summed E-state index contributed by atoms with van der Waals surface area (Å²) in [7, 11) is 0. The molecule has 5 heteroatoms. The van der Waals surface area contributed by atoms with Crippen LogP contribution in [-0.2, 0) is 16.0 Å². The molecule has 2 aromatic rings. The van der Waals surface area contributed by atoms with E-state index in [-0.39, 0.29) is 5.91 Å². The van der Waals surface area contributed by atoms with Gasteiger partial charge in [0.1, 0.15) is 0 Å². The van der Waals surface area contributed by atoms with Crippen LogP contribution in [0.1, 0.15) is 6.92 Å². The molecule has 0 radical (unpaired) electrons. The molecule has 0 aliphatic rings. The normalized spacial score (nSPS) is 11.9. The first-order chi connectivity index (χ1) is 9.08. The van der Waals surface area contributed by atoms with Gasteiger partial charge in [0, 0.05) is 24.2 Å². The molecule has 0 bridgehead atoms. The molecule has 2 aromatic carbocycles. The summed E-state index contributed by atoms with van der Waals surface area (Å²) >= 11 is -1.29. The summed E-state index contributed by atoms with van der Waals surface area (Å²) in [5.41, 5.74) is 6.69. The van der Waals surface area contributed by atoms with Crippen molar-refractivity contribution in [3.63, 3.8) is 0 Å². The molecule has 1 atom stereocenters. The third-order valence-corrected chi connectivity index (χ3v) is 3.89. The number of rotatable bonds is 3. The van der Waals surface area contributed by atoms with E-state index in [1.54, 1.807) is 30.3 Å². The van der Waals surface area contributed by atoms with Crippen LogP contribution in [0.25, 0.3) is 0 Å². The molecule has 0 saturated carbocycles. The first-order valence-corrected chi connectivity index (χ1v) is 6.87. The molecule has 0 spiro atoms. The fourth-order valence-corrected chi connectivity index (χ4v) is 2.72. The van der Waals surface area contributed by atoms with Crippen molar-refractivity contribution in [3.8, 4) is 0 Å². The summed E-state index contributed by atoms with van der Waals surface area (Å²) in [4.78, 5) is 12.4. The maximum absolute atomic E-state index is 12.4. The van der Waals surface area contributed by atoms with Crippen LogP contribution in [0.15, 0.2) is 58.3 Å². The second kappa shape index (κ2) is 5.77. The van der Waals surface area contributed by atoms with E-state index in [2.05, 4.69) is 5.32 Å². The van der Waals surface area contributed by atoms with Crippen molar-refractivity contribution in [1.82, 2.24) is 0 Å². The van der Waals surface area contributed by atoms with E-state index in [0.717, 1.165) is 0 Å². The highest BCUT2D eigenvalue weighted by molar-refractivity contribution is 7.91.